The maximum atomic E-state index is 4.25. The lowest BCUT2D eigenvalue weighted by atomic mass is 9.87. The van der Waals surface area contributed by atoms with Crippen molar-refractivity contribution in [1.82, 2.24) is 9.97 Å². The zero-order chi connectivity index (χ0) is 13.2. The molecule has 0 saturated carbocycles. The predicted molar refractivity (Wildman–Crippen MR) is 79.0 cm³/mol. The summed E-state index contributed by atoms with van der Waals surface area (Å²) in [5.74, 6) is 0. The van der Waals surface area contributed by atoms with Crippen molar-refractivity contribution in [2.24, 2.45) is 0 Å². The zero-order valence-electron chi connectivity index (χ0n) is 10.6. The maximum absolute atomic E-state index is 4.25. The first-order chi connectivity index (χ1) is 8.45. The lowest BCUT2D eigenvalue weighted by Gasteiger charge is -2.18. The van der Waals surface area contributed by atoms with Crippen molar-refractivity contribution in [2.45, 2.75) is 36.2 Å². The predicted octanol–water partition coefficient (Wildman–Crippen LogP) is 4.69. The van der Waals surface area contributed by atoms with Gasteiger partial charge < -0.3 is 0 Å². The molecule has 2 rings (SSSR count). The minimum Gasteiger partial charge on any atom is -0.230 e. The van der Waals surface area contributed by atoms with E-state index >= 15 is 0 Å². The lowest BCUT2D eigenvalue weighted by molar-refractivity contribution is 0.590. The first-order valence-electron chi connectivity index (χ1n) is 5.71. The normalized spacial score (nSPS) is 11.6. The minimum absolute atomic E-state index is 0.192. The first-order valence-corrected chi connectivity index (χ1v) is 7.32. The third kappa shape index (κ3) is 3.56. The fourth-order valence-corrected chi connectivity index (χ4v) is 2.38. The Balaban J connectivity index is 2.13. The van der Waals surface area contributed by atoms with Gasteiger partial charge in [0.05, 0.1) is 4.47 Å². The van der Waals surface area contributed by atoms with E-state index in [1.54, 1.807) is 24.2 Å². The second-order valence-corrected chi connectivity index (χ2v) is 7.02. The molecule has 0 aliphatic rings. The molecular formula is C14H15BrN2S. The third-order valence-corrected chi connectivity index (χ3v) is 3.84. The van der Waals surface area contributed by atoms with Gasteiger partial charge in [-0.2, -0.15) is 0 Å². The Kier molecular flexibility index (Phi) is 4.07. The van der Waals surface area contributed by atoms with Gasteiger partial charge in [-0.05, 0) is 50.8 Å². The van der Waals surface area contributed by atoms with Gasteiger partial charge in [0.2, 0.25) is 0 Å². The van der Waals surface area contributed by atoms with Gasteiger partial charge in [-0.15, -0.1) is 0 Å². The van der Waals surface area contributed by atoms with Gasteiger partial charge in [-0.25, -0.2) is 9.97 Å². The molecule has 0 spiro atoms. The first kappa shape index (κ1) is 13.6. The minimum atomic E-state index is 0.192. The molecule has 0 fully saturated rings. The van der Waals surface area contributed by atoms with E-state index in [-0.39, 0.29) is 5.41 Å². The molecule has 4 heteroatoms. The van der Waals surface area contributed by atoms with Crippen LogP contribution in [0.5, 0.6) is 0 Å². The summed E-state index contributed by atoms with van der Waals surface area (Å²) in [6.07, 6.45) is 3.53. The van der Waals surface area contributed by atoms with Crippen LogP contribution in [0.4, 0.5) is 0 Å². The smallest absolute Gasteiger partial charge is 0.192 e. The van der Waals surface area contributed by atoms with Gasteiger partial charge in [0.1, 0.15) is 0 Å². The van der Waals surface area contributed by atoms with Crippen LogP contribution in [0.3, 0.4) is 0 Å². The number of hydrogen-bond acceptors (Lipinski definition) is 3. The standard InChI is InChI=1S/C14H15BrN2S/c1-14(2,3)10-4-6-12(7-5-10)18-13-16-8-11(15)9-17-13/h4-9H,1-3H3. The average molecular weight is 323 g/mol. The summed E-state index contributed by atoms with van der Waals surface area (Å²) >= 11 is 4.90. The quantitative estimate of drug-likeness (QED) is 0.750. The second kappa shape index (κ2) is 5.41. The Morgan fingerprint density at radius 1 is 1.00 bits per heavy atom. The van der Waals surface area contributed by atoms with Gasteiger partial charge >= 0.3 is 0 Å². The van der Waals surface area contributed by atoms with E-state index in [2.05, 4.69) is 70.9 Å². The van der Waals surface area contributed by atoms with E-state index in [9.17, 15) is 0 Å². The molecule has 0 saturated heterocycles. The SMILES string of the molecule is CC(C)(C)c1ccc(Sc2ncc(Br)cn2)cc1. The van der Waals surface area contributed by atoms with E-state index in [0.717, 1.165) is 14.5 Å². The highest BCUT2D eigenvalue weighted by Crippen LogP contribution is 2.28. The summed E-state index contributed by atoms with van der Waals surface area (Å²) in [7, 11) is 0. The fourth-order valence-electron chi connectivity index (χ4n) is 1.48. The van der Waals surface area contributed by atoms with Gasteiger partial charge in [-0.1, -0.05) is 32.9 Å². The topological polar surface area (TPSA) is 25.8 Å². The van der Waals surface area contributed by atoms with Gasteiger partial charge in [0.15, 0.2) is 5.16 Å². The highest BCUT2D eigenvalue weighted by Gasteiger charge is 2.13. The molecule has 0 atom stereocenters. The van der Waals surface area contributed by atoms with E-state index in [4.69, 9.17) is 0 Å². The Morgan fingerprint density at radius 2 is 1.56 bits per heavy atom. The van der Waals surface area contributed by atoms with E-state index < -0.39 is 0 Å². The molecule has 0 bridgehead atoms. The molecule has 0 amide bonds. The highest BCUT2D eigenvalue weighted by atomic mass is 79.9. The summed E-state index contributed by atoms with van der Waals surface area (Å²) in [5.41, 5.74) is 1.53. The van der Waals surface area contributed by atoms with Crippen LogP contribution >= 0.6 is 27.7 Å². The maximum Gasteiger partial charge on any atom is 0.192 e. The molecule has 0 N–H and O–H groups in total. The number of rotatable bonds is 2. The van der Waals surface area contributed by atoms with Crippen LogP contribution < -0.4 is 0 Å². The fraction of sp³-hybridized carbons (Fsp3) is 0.286. The molecule has 1 aromatic carbocycles. The van der Waals surface area contributed by atoms with Gasteiger partial charge in [-0.3, -0.25) is 0 Å². The summed E-state index contributed by atoms with van der Waals surface area (Å²) in [6.45, 7) is 6.65. The van der Waals surface area contributed by atoms with Crippen molar-refractivity contribution in [3.8, 4) is 0 Å². The molecule has 2 aromatic rings. The average Bonchev–Trinajstić information content (AvgIpc) is 2.32. The molecule has 2 nitrogen and oxygen atoms in total. The summed E-state index contributed by atoms with van der Waals surface area (Å²) in [6, 6.07) is 8.58. The van der Waals surface area contributed by atoms with Crippen LogP contribution in [0.1, 0.15) is 26.3 Å². The summed E-state index contributed by atoms with van der Waals surface area (Å²) in [4.78, 5) is 9.66. The highest BCUT2D eigenvalue weighted by molar-refractivity contribution is 9.10. The Labute approximate surface area is 120 Å². The van der Waals surface area contributed by atoms with Crippen LogP contribution in [0.2, 0.25) is 0 Å². The van der Waals surface area contributed by atoms with Crippen molar-refractivity contribution in [2.75, 3.05) is 0 Å². The molecule has 0 aliphatic heterocycles. The van der Waals surface area contributed by atoms with Crippen LogP contribution in [0, 0.1) is 0 Å². The lowest BCUT2D eigenvalue weighted by Crippen LogP contribution is -2.10. The van der Waals surface area contributed by atoms with Crippen molar-refractivity contribution < 1.29 is 0 Å². The van der Waals surface area contributed by atoms with E-state index in [0.29, 0.717) is 0 Å². The van der Waals surface area contributed by atoms with Crippen molar-refractivity contribution in [1.29, 1.82) is 0 Å². The molecule has 0 aliphatic carbocycles. The van der Waals surface area contributed by atoms with Crippen LogP contribution in [-0.4, -0.2) is 9.97 Å². The molecule has 0 unspecified atom stereocenters. The Hall–Kier alpha value is -0.870. The molecule has 0 radical (unpaired) electrons. The summed E-state index contributed by atoms with van der Waals surface area (Å²) < 4.78 is 0.898. The molecule has 1 heterocycles. The number of nitrogens with zero attached hydrogens (tertiary/aromatic N) is 2. The third-order valence-electron chi connectivity index (χ3n) is 2.53. The second-order valence-electron chi connectivity index (χ2n) is 5.06. The number of benzene rings is 1. The molecule has 1 aromatic heterocycles. The van der Waals surface area contributed by atoms with Gasteiger partial charge in [0.25, 0.3) is 0 Å². The Bertz CT molecular complexity index is 515. The molecule has 94 valence electrons. The monoisotopic (exact) mass is 322 g/mol. The Morgan fingerprint density at radius 3 is 2.06 bits per heavy atom. The molecular weight excluding hydrogens is 308 g/mol. The number of halogens is 1. The van der Waals surface area contributed by atoms with E-state index in [1.807, 2.05) is 0 Å². The van der Waals surface area contributed by atoms with Gasteiger partial charge in [0, 0.05) is 17.3 Å². The van der Waals surface area contributed by atoms with Crippen molar-refractivity contribution in [3.05, 3.63) is 46.7 Å². The van der Waals surface area contributed by atoms with Crippen LogP contribution in [-0.2, 0) is 5.41 Å². The van der Waals surface area contributed by atoms with Crippen LogP contribution in [0.15, 0.2) is 51.2 Å². The van der Waals surface area contributed by atoms with E-state index in [1.165, 1.54) is 5.56 Å². The summed E-state index contributed by atoms with van der Waals surface area (Å²) in [5, 5.41) is 0.765. The van der Waals surface area contributed by atoms with Crippen LogP contribution in [0.25, 0.3) is 0 Å². The van der Waals surface area contributed by atoms with Crippen molar-refractivity contribution >= 4 is 27.7 Å². The zero-order valence-corrected chi connectivity index (χ0v) is 13.0. The number of aromatic nitrogens is 2. The molecule has 18 heavy (non-hydrogen) atoms. The van der Waals surface area contributed by atoms with Crippen molar-refractivity contribution in [3.63, 3.8) is 0 Å². The largest absolute Gasteiger partial charge is 0.230 e. The number of hydrogen-bond donors (Lipinski definition) is 0.